The summed E-state index contributed by atoms with van der Waals surface area (Å²) in [6, 6.07) is 28.9. The highest BCUT2D eigenvalue weighted by molar-refractivity contribution is 6.74. The van der Waals surface area contributed by atoms with Crippen molar-refractivity contribution in [3.63, 3.8) is 0 Å². The molecule has 2 heterocycles. The van der Waals surface area contributed by atoms with Crippen LogP contribution in [0.3, 0.4) is 0 Å². The van der Waals surface area contributed by atoms with Gasteiger partial charge < -0.3 is 23.5 Å². The Labute approximate surface area is 421 Å². The van der Waals surface area contributed by atoms with Gasteiger partial charge in [-0.2, -0.15) is 15.8 Å². The number of aryl methyl sites for hydroxylation is 1. The molecule has 11 heteroatoms. The van der Waals surface area contributed by atoms with Gasteiger partial charge in [-0.25, -0.2) is 0 Å². The number of esters is 1. The number of aromatic nitrogens is 1. The van der Waals surface area contributed by atoms with Gasteiger partial charge >= 0.3 is 5.97 Å². The van der Waals surface area contributed by atoms with Crippen molar-refractivity contribution in [2.45, 2.75) is 176 Å². The van der Waals surface area contributed by atoms with Crippen LogP contribution in [0, 0.1) is 39.9 Å². The standard InChI is InChI=1S/C59H80N6O4Si/c1-9-12-14-22-37-65-57(48(40-60)41-61)52(42-62)56(58(65)67)47-30-32-49(33-31-47)63(43-45(11-3)25-13-10-2)35-21-17-18-28-55(66)68-44-46-29-34-54-51(39-46)50-26-19-20-27-53(50)64(54)36-23-15-16-24-38-69-70(7,8)59(4,5)6/h19-20,26-27,29-34,39,45H,9-18,21-25,28,35-38,43-44H2,1-8H3. The largest absolute Gasteiger partial charge is 0.461 e. The Kier molecular flexibility index (Phi) is 21.4. The van der Waals surface area contributed by atoms with Crippen LogP contribution in [0.25, 0.3) is 27.4 Å². The fraction of sp³-hybridized carbons (Fsp3) is 0.542. The van der Waals surface area contributed by atoms with Crippen molar-refractivity contribution in [2.75, 3.05) is 31.1 Å². The molecule has 3 aromatic carbocycles. The topological polar surface area (TPSA) is 135 Å². The van der Waals surface area contributed by atoms with E-state index >= 15 is 0 Å². The van der Waals surface area contributed by atoms with E-state index in [9.17, 15) is 25.4 Å². The molecule has 10 nitrogen and oxygen atoms in total. The molecule has 0 N–H and O–H groups in total. The third-order valence-electron chi connectivity index (χ3n) is 14.7. The maximum atomic E-state index is 14.0. The molecule has 0 saturated heterocycles. The number of amides is 1. The Hall–Kier alpha value is -5.67. The molecule has 1 atom stereocenters. The SMILES string of the molecule is CCCCCCN1C(=O)C(c2ccc(N(CCCCCC(=O)OCc3ccc4c(c3)c3ccccc3n4CCCCCCO[Si](C)(C)C(C)(C)C)CC(CC)CCCC)cc2)=C(C#N)C1=C(C#N)C#N. The first-order valence-corrected chi connectivity index (χ1v) is 29.3. The van der Waals surface area contributed by atoms with Gasteiger partial charge in [0.05, 0.1) is 16.8 Å². The number of carbonyl (C=O) groups excluding carboxylic acids is 2. The lowest BCUT2D eigenvalue weighted by molar-refractivity contribution is -0.145. The molecule has 0 saturated carbocycles. The summed E-state index contributed by atoms with van der Waals surface area (Å²) in [4.78, 5) is 30.9. The summed E-state index contributed by atoms with van der Waals surface area (Å²) in [6.45, 7) is 22.2. The summed E-state index contributed by atoms with van der Waals surface area (Å²) in [6.07, 6.45) is 15.6. The maximum Gasteiger partial charge on any atom is 0.306 e. The summed E-state index contributed by atoms with van der Waals surface area (Å²) in [7, 11) is -1.70. The normalized spacial score (nSPS) is 13.5. The van der Waals surface area contributed by atoms with E-state index in [1.807, 2.05) is 36.4 Å². The molecule has 5 rings (SSSR count). The van der Waals surface area contributed by atoms with Crippen molar-refractivity contribution in [3.8, 4) is 18.2 Å². The minimum atomic E-state index is -1.70. The monoisotopic (exact) mass is 965 g/mol. The second-order valence-electron chi connectivity index (χ2n) is 20.8. The number of nitrogens with zero attached hydrogens (tertiary/aromatic N) is 6. The molecule has 1 aliphatic heterocycles. The van der Waals surface area contributed by atoms with Gasteiger partial charge in [-0.1, -0.05) is 136 Å². The van der Waals surface area contributed by atoms with Crippen LogP contribution in [-0.2, 0) is 31.9 Å². The van der Waals surface area contributed by atoms with E-state index in [-0.39, 0.29) is 45.9 Å². The highest BCUT2D eigenvalue weighted by Crippen LogP contribution is 2.39. The number of anilines is 1. The molecule has 0 bridgehead atoms. The molecule has 0 spiro atoms. The van der Waals surface area contributed by atoms with Gasteiger partial charge in [0.25, 0.3) is 5.91 Å². The van der Waals surface area contributed by atoms with E-state index in [0.29, 0.717) is 30.9 Å². The summed E-state index contributed by atoms with van der Waals surface area (Å²) in [5.74, 6) is -0.00932. The van der Waals surface area contributed by atoms with Crippen molar-refractivity contribution < 1.29 is 18.8 Å². The molecule has 0 radical (unpaired) electrons. The first kappa shape index (κ1) is 55.3. The van der Waals surface area contributed by atoms with Crippen LogP contribution in [0.2, 0.25) is 18.1 Å². The van der Waals surface area contributed by atoms with E-state index < -0.39 is 8.32 Å². The zero-order valence-electron chi connectivity index (χ0n) is 43.8. The summed E-state index contributed by atoms with van der Waals surface area (Å²) in [5, 5.41) is 32.6. The van der Waals surface area contributed by atoms with Gasteiger partial charge in [-0.3, -0.25) is 9.59 Å². The zero-order chi connectivity index (χ0) is 50.7. The van der Waals surface area contributed by atoms with Gasteiger partial charge in [0, 0.05) is 66.7 Å². The number of nitriles is 3. The predicted molar refractivity (Wildman–Crippen MR) is 288 cm³/mol. The number of para-hydroxylation sites is 1. The lowest BCUT2D eigenvalue weighted by Gasteiger charge is -2.36. The maximum absolute atomic E-state index is 14.0. The zero-order valence-corrected chi connectivity index (χ0v) is 44.8. The molecule has 4 aromatic rings. The van der Waals surface area contributed by atoms with Gasteiger partial charge in [-0.15, -0.1) is 0 Å². The van der Waals surface area contributed by atoms with Gasteiger partial charge in [0.2, 0.25) is 0 Å². The number of benzene rings is 3. The molecule has 0 aliphatic carbocycles. The molecule has 1 unspecified atom stereocenters. The summed E-state index contributed by atoms with van der Waals surface area (Å²) >= 11 is 0. The Bertz CT molecular complexity index is 2550. The second-order valence-corrected chi connectivity index (χ2v) is 25.6. The fourth-order valence-corrected chi connectivity index (χ4v) is 10.4. The molecule has 1 amide bonds. The second kappa shape index (κ2) is 27.1. The molecule has 70 heavy (non-hydrogen) atoms. The van der Waals surface area contributed by atoms with Crippen molar-refractivity contribution in [1.82, 2.24) is 9.47 Å². The average Bonchev–Trinajstić information content (AvgIpc) is 3.82. The lowest BCUT2D eigenvalue weighted by atomic mass is 9.97. The van der Waals surface area contributed by atoms with Crippen LogP contribution in [0.5, 0.6) is 0 Å². The number of carbonyl (C=O) groups is 2. The van der Waals surface area contributed by atoms with Crippen LogP contribution < -0.4 is 4.90 Å². The number of unbranched alkanes of at least 4 members (excludes halogenated alkanes) is 9. The predicted octanol–water partition coefficient (Wildman–Crippen LogP) is 14.7. The highest BCUT2D eigenvalue weighted by Gasteiger charge is 2.39. The van der Waals surface area contributed by atoms with Crippen LogP contribution >= 0.6 is 0 Å². The Morgan fingerprint density at radius 2 is 1.44 bits per heavy atom. The number of allylic oxidation sites excluding steroid dienone is 2. The van der Waals surface area contributed by atoms with Gasteiger partial charge in [-0.05, 0) is 104 Å². The minimum absolute atomic E-state index is 0.0770. The van der Waals surface area contributed by atoms with Crippen LogP contribution in [0.1, 0.15) is 155 Å². The third kappa shape index (κ3) is 14.5. The average molecular weight is 965 g/mol. The van der Waals surface area contributed by atoms with Crippen molar-refractivity contribution >= 4 is 53.3 Å². The number of ether oxygens (including phenoxy) is 1. The molecule has 374 valence electrons. The molecular formula is C59H80N6O4Si. The number of fused-ring (bicyclic) bond motifs is 3. The summed E-state index contributed by atoms with van der Waals surface area (Å²) in [5.41, 5.74) is 5.28. The van der Waals surface area contributed by atoms with Crippen LogP contribution in [-0.4, -0.2) is 55.9 Å². The first-order valence-electron chi connectivity index (χ1n) is 26.4. The number of rotatable bonds is 29. The Morgan fingerprint density at radius 1 is 0.771 bits per heavy atom. The van der Waals surface area contributed by atoms with Crippen molar-refractivity contribution in [1.29, 1.82) is 15.8 Å². The molecule has 0 fully saturated rings. The van der Waals surface area contributed by atoms with Crippen LogP contribution in [0.4, 0.5) is 5.69 Å². The van der Waals surface area contributed by atoms with E-state index in [0.717, 1.165) is 115 Å². The van der Waals surface area contributed by atoms with E-state index in [1.165, 1.54) is 39.5 Å². The van der Waals surface area contributed by atoms with Crippen LogP contribution in [0.15, 0.2) is 83.6 Å². The first-order chi connectivity index (χ1) is 33.7. The van der Waals surface area contributed by atoms with Gasteiger partial charge in [0.15, 0.2) is 13.9 Å². The van der Waals surface area contributed by atoms with E-state index in [4.69, 9.17) is 9.16 Å². The van der Waals surface area contributed by atoms with Crippen molar-refractivity contribution in [3.05, 3.63) is 94.7 Å². The Morgan fingerprint density at radius 3 is 2.13 bits per heavy atom. The third-order valence-corrected chi connectivity index (χ3v) is 19.2. The number of hydrogen-bond acceptors (Lipinski definition) is 8. The quantitative estimate of drug-likeness (QED) is 0.0227. The van der Waals surface area contributed by atoms with E-state index in [1.54, 1.807) is 0 Å². The minimum Gasteiger partial charge on any atom is -0.461 e. The lowest BCUT2D eigenvalue weighted by Crippen LogP contribution is -2.40. The number of hydrogen-bond donors (Lipinski definition) is 0. The van der Waals surface area contributed by atoms with E-state index in [2.05, 4.69) is 113 Å². The molecule has 1 aromatic heterocycles. The Balaban J connectivity index is 1.16. The molecular weight excluding hydrogens is 885 g/mol. The summed E-state index contributed by atoms with van der Waals surface area (Å²) < 4.78 is 14.7. The smallest absolute Gasteiger partial charge is 0.306 e. The highest BCUT2D eigenvalue weighted by atomic mass is 28.4. The van der Waals surface area contributed by atoms with Crippen molar-refractivity contribution in [2.24, 2.45) is 5.92 Å². The molecule has 1 aliphatic rings. The van der Waals surface area contributed by atoms with Gasteiger partial charge in [0.1, 0.15) is 24.8 Å². The fourth-order valence-electron chi connectivity index (χ4n) is 9.35.